The predicted molar refractivity (Wildman–Crippen MR) is 60.4 cm³/mol. The molecule has 1 rings (SSSR count). The number of nitrogens with two attached hydrogens (primary N) is 1. The Labute approximate surface area is 107 Å². The van der Waals surface area contributed by atoms with Gasteiger partial charge in [0.1, 0.15) is 0 Å². The van der Waals surface area contributed by atoms with E-state index in [1.165, 1.54) is 19.1 Å². The minimum atomic E-state index is -4.96. The van der Waals surface area contributed by atoms with Gasteiger partial charge in [-0.1, -0.05) is 12.1 Å². The van der Waals surface area contributed by atoms with E-state index < -0.39 is 28.1 Å². The zero-order valence-corrected chi connectivity index (χ0v) is 10.5. The molecule has 0 aliphatic carbocycles. The highest BCUT2D eigenvalue weighted by Gasteiger charge is 2.39. The van der Waals surface area contributed by atoms with Crippen LogP contribution >= 0.6 is 0 Å². The Bertz CT molecular complexity index is 567. The van der Waals surface area contributed by atoms with E-state index in [1.807, 2.05) is 0 Å². The van der Waals surface area contributed by atoms with Crippen LogP contribution in [0.25, 0.3) is 0 Å². The van der Waals surface area contributed by atoms with Crippen molar-refractivity contribution in [1.82, 2.24) is 5.32 Å². The molecule has 0 spiro atoms. The second-order valence-corrected chi connectivity index (χ2v) is 5.37. The number of primary sulfonamides is 1. The number of sulfonamides is 1. The van der Waals surface area contributed by atoms with Crippen LogP contribution in [-0.2, 0) is 14.8 Å². The van der Waals surface area contributed by atoms with E-state index in [9.17, 15) is 26.4 Å². The lowest BCUT2D eigenvalue weighted by Crippen LogP contribution is -2.38. The Hall–Kier alpha value is -1.61. The van der Waals surface area contributed by atoms with Gasteiger partial charge in [0.2, 0.25) is 10.0 Å². The number of rotatable bonds is 3. The summed E-state index contributed by atoms with van der Waals surface area (Å²) in [6.45, 7) is 1.34. The van der Waals surface area contributed by atoms with E-state index >= 15 is 0 Å². The topological polar surface area (TPSA) is 89.3 Å². The average Bonchev–Trinajstić information content (AvgIpc) is 2.26. The fourth-order valence-corrected chi connectivity index (χ4v) is 1.82. The summed E-state index contributed by atoms with van der Waals surface area (Å²) in [4.78, 5) is 10.6. The molecule has 0 saturated heterocycles. The van der Waals surface area contributed by atoms with Crippen molar-refractivity contribution in [3.63, 3.8) is 0 Å². The largest absolute Gasteiger partial charge is 0.471 e. The van der Waals surface area contributed by atoms with Gasteiger partial charge >= 0.3 is 12.1 Å². The number of nitrogens with one attached hydrogen (secondary N) is 1. The van der Waals surface area contributed by atoms with E-state index in [4.69, 9.17) is 5.14 Å². The summed E-state index contributed by atoms with van der Waals surface area (Å²) in [5.41, 5.74) is 0.324. The molecule has 0 bridgehead atoms. The van der Waals surface area contributed by atoms with Crippen molar-refractivity contribution in [3.05, 3.63) is 29.8 Å². The van der Waals surface area contributed by atoms with Crippen LogP contribution in [0.15, 0.2) is 29.2 Å². The molecule has 0 heterocycles. The van der Waals surface area contributed by atoms with Gasteiger partial charge in [-0.25, -0.2) is 13.6 Å². The number of amides is 1. The smallest absolute Gasteiger partial charge is 0.342 e. The van der Waals surface area contributed by atoms with Crippen LogP contribution < -0.4 is 10.5 Å². The maximum Gasteiger partial charge on any atom is 0.471 e. The van der Waals surface area contributed by atoms with Gasteiger partial charge in [-0.15, -0.1) is 0 Å². The Morgan fingerprint density at radius 3 is 2.11 bits per heavy atom. The fourth-order valence-electron chi connectivity index (χ4n) is 1.31. The van der Waals surface area contributed by atoms with Crippen molar-refractivity contribution in [3.8, 4) is 0 Å². The van der Waals surface area contributed by atoms with Crippen LogP contribution in [0.2, 0.25) is 0 Å². The summed E-state index contributed by atoms with van der Waals surface area (Å²) < 4.78 is 58.1. The standard InChI is InChI=1S/C10H11F3N2O3S/c1-6(15-9(16)10(11,12)13)7-2-4-8(5-3-7)19(14,17)18/h2-6H,1H3,(H,15,16)(H2,14,17,18). The molecule has 0 saturated carbocycles. The number of halogens is 3. The minimum Gasteiger partial charge on any atom is -0.342 e. The molecule has 5 nitrogen and oxygen atoms in total. The first kappa shape index (κ1) is 15.4. The molecule has 106 valence electrons. The number of carbonyl (C=O) groups is 1. The van der Waals surface area contributed by atoms with Gasteiger partial charge in [-0.3, -0.25) is 4.79 Å². The van der Waals surface area contributed by atoms with Gasteiger partial charge < -0.3 is 5.32 Å². The van der Waals surface area contributed by atoms with E-state index in [1.54, 1.807) is 5.32 Å². The molecule has 0 fully saturated rings. The highest BCUT2D eigenvalue weighted by atomic mass is 32.2. The first-order valence-electron chi connectivity index (χ1n) is 5.02. The number of hydrogen-bond acceptors (Lipinski definition) is 3. The Morgan fingerprint density at radius 2 is 1.74 bits per heavy atom. The molecule has 19 heavy (non-hydrogen) atoms. The van der Waals surface area contributed by atoms with Crippen LogP contribution in [0, 0.1) is 0 Å². The van der Waals surface area contributed by atoms with Crippen LogP contribution in [0.3, 0.4) is 0 Å². The summed E-state index contributed by atoms with van der Waals surface area (Å²) in [5.74, 6) is -2.06. The van der Waals surface area contributed by atoms with Crippen molar-refractivity contribution >= 4 is 15.9 Å². The third-order valence-electron chi connectivity index (χ3n) is 2.31. The number of carbonyl (C=O) groups excluding carboxylic acids is 1. The quantitative estimate of drug-likeness (QED) is 0.874. The fraction of sp³-hybridized carbons (Fsp3) is 0.300. The first-order valence-corrected chi connectivity index (χ1v) is 6.57. The SMILES string of the molecule is CC(NC(=O)C(F)(F)F)c1ccc(S(N)(=O)=O)cc1. The molecule has 3 N–H and O–H groups in total. The lowest BCUT2D eigenvalue weighted by atomic mass is 10.1. The summed E-state index contributed by atoms with van der Waals surface area (Å²) in [7, 11) is -3.86. The zero-order valence-electron chi connectivity index (χ0n) is 9.73. The monoisotopic (exact) mass is 296 g/mol. The number of alkyl halides is 3. The van der Waals surface area contributed by atoms with Crippen molar-refractivity contribution < 1.29 is 26.4 Å². The maximum atomic E-state index is 12.0. The van der Waals surface area contributed by atoms with E-state index in [2.05, 4.69) is 0 Å². The Balaban J connectivity index is 2.85. The lowest BCUT2D eigenvalue weighted by molar-refractivity contribution is -0.174. The van der Waals surface area contributed by atoms with Crippen LogP contribution in [0.1, 0.15) is 18.5 Å². The molecule has 0 aliphatic rings. The van der Waals surface area contributed by atoms with Crippen molar-refractivity contribution in [1.29, 1.82) is 0 Å². The highest BCUT2D eigenvalue weighted by molar-refractivity contribution is 7.89. The second kappa shape index (κ2) is 5.17. The lowest BCUT2D eigenvalue weighted by Gasteiger charge is -2.15. The number of hydrogen-bond donors (Lipinski definition) is 2. The molecular formula is C10H11F3N2O3S. The summed E-state index contributed by atoms with van der Waals surface area (Å²) >= 11 is 0. The molecule has 0 radical (unpaired) electrons. The van der Waals surface area contributed by atoms with Crippen molar-refractivity contribution in [2.24, 2.45) is 5.14 Å². The van der Waals surface area contributed by atoms with E-state index in [0.717, 1.165) is 12.1 Å². The molecule has 1 unspecified atom stereocenters. The van der Waals surface area contributed by atoms with Gasteiger partial charge in [0.15, 0.2) is 0 Å². The Morgan fingerprint density at radius 1 is 1.26 bits per heavy atom. The predicted octanol–water partition coefficient (Wildman–Crippen LogP) is 1.07. The van der Waals surface area contributed by atoms with Gasteiger partial charge in [-0.2, -0.15) is 13.2 Å². The molecule has 0 aliphatic heterocycles. The van der Waals surface area contributed by atoms with Gasteiger partial charge in [-0.05, 0) is 24.6 Å². The van der Waals surface area contributed by atoms with Crippen LogP contribution in [-0.4, -0.2) is 20.5 Å². The maximum absolute atomic E-state index is 12.0. The molecule has 1 atom stereocenters. The Kier molecular flexibility index (Phi) is 4.21. The van der Waals surface area contributed by atoms with Gasteiger partial charge in [0.25, 0.3) is 0 Å². The minimum absolute atomic E-state index is 0.161. The normalized spacial score (nSPS) is 13.9. The van der Waals surface area contributed by atoms with E-state index in [-0.39, 0.29) is 4.90 Å². The summed E-state index contributed by atoms with van der Waals surface area (Å²) in [6.07, 6.45) is -4.96. The summed E-state index contributed by atoms with van der Waals surface area (Å²) in [6, 6.07) is 3.95. The molecule has 1 amide bonds. The molecule has 1 aromatic rings. The first-order chi connectivity index (χ1) is 8.51. The summed E-state index contributed by atoms with van der Waals surface area (Å²) in [5, 5.41) is 6.62. The molecule has 9 heteroatoms. The van der Waals surface area contributed by atoms with Gasteiger partial charge in [0.05, 0.1) is 10.9 Å². The third kappa shape index (κ3) is 4.21. The van der Waals surface area contributed by atoms with Crippen LogP contribution in [0.5, 0.6) is 0 Å². The average molecular weight is 296 g/mol. The second-order valence-electron chi connectivity index (χ2n) is 3.81. The third-order valence-corrected chi connectivity index (χ3v) is 3.24. The van der Waals surface area contributed by atoms with Crippen molar-refractivity contribution in [2.75, 3.05) is 0 Å². The van der Waals surface area contributed by atoms with Crippen molar-refractivity contribution in [2.45, 2.75) is 24.0 Å². The van der Waals surface area contributed by atoms with Crippen LogP contribution in [0.4, 0.5) is 13.2 Å². The van der Waals surface area contributed by atoms with E-state index in [0.29, 0.717) is 5.56 Å². The molecular weight excluding hydrogens is 285 g/mol. The zero-order chi connectivity index (χ0) is 14.8. The molecule has 0 aromatic heterocycles. The highest BCUT2D eigenvalue weighted by Crippen LogP contribution is 2.19. The van der Waals surface area contributed by atoms with Gasteiger partial charge in [0, 0.05) is 0 Å². The number of benzene rings is 1. The molecule has 1 aromatic carbocycles.